The first-order chi connectivity index (χ1) is 14.6. The van der Waals surface area contributed by atoms with Gasteiger partial charge in [-0.05, 0) is 24.7 Å². The Hall–Kier alpha value is -2.61. The molecule has 5 rings (SSSR count). The number of hydrogen-bond donors (Lipinski definition) is 2. The number of halogens is 2. The number of hydrogen-bond acceptors (Lipinski definition) is 5. The average Bonchev–Trinajstić information content (AvgIpc) is 3.34. The van der Waals surface area contributed by atoms with Gasteiger partial charge in [0, 0.05) is 24.7 Å². The summed E-state index contributed by atoms with van der Waals surface area (Å²) < 4.78 is 29.7. The van der Waals surface area contributed by atoms with Crippen molar-refractivity contribution in [3.05, 3.63) is 48.4 Å². The maximum atomic E-state index is 14.9. The predicted molar refractivity (Wildman–Crippen MR) is 111 cm³/mol. The fourth-order valence-electron chi connectivity index (χ4n) is 5.15. The topological polar surface area (TPSA) is 69.7 Å². The highest BCUT2D eigenvalue weighted by Gasteiger charge is 2.43. The molecule has 2 N–H and O–H groups in total. The average molecular weight is 412 g/mol. The highest BCUT2D eigenvalue weighted by Crippen LogP contribution is 2.39. The molecule has 0 spiro atoms. The van der Waals surface area contributed by atoms with Gasteiger partial charge in [0.15, 0.2) is 5.65 Å². The summed E-state index contributed by atoms with van der Waals surface area (Å²) in [6.45, 7) is 1.19. The lowest BCUT2D eigenvalue weighted by molar-refractivity contribution is -0.0342. The number of likely N-dealkylation sites (tertiary alicyclic amines) is 1. The smallest absolute Gasteiger partial charge is 0.285 e. The third kappa shape index (κ3) is 3.76. The van der Waals surface area contributed by atoms with Crippen LogP contribution in [0.4, 0.5) is 14.6 Å². The third-order valence-electron chi connectivity index (χ3n) is 6.61. The molecule has 2 aromatic heterocycles. The summed E-state index contributed by atoms with van der Waals surface area (Å²) in [6.07, 6.45) is 7.66. The number of benzene rings is 1. The standard InChI is InChI=1S/C22H26F2N6/c23-22(24,16-7-2-1-3-8-16)13-30-11-15-6-4-5-9-19(18(15)12-30)28-20-17-10-27-29-21(17)26-14-25-20/h1-3,7-8,10,14-15,18-19H,4-6,9,11-13H2,(H2,25,26,27,28,29)/t15-,18?,19?/m0/s1. The van der Waals surface area contributed by atoms with Crippen LogP contribution in [0.15, 0.2) is 42.9 Å². The Morgan fingerprint density at radius 2 is 1.93 bits per heavy atom. The number of aromatic amines is 1. The van der Waals surface area contributed by atoms with Gasteiger partial charge in [-0.2, -0.15) is 13.9 Å². The van der Waals surface area contributed by atoms with E-state index in [9.17, 15) is 8.78 Å². The molecule has 0 bridgehead atoms. The van der Waals surface area contributed by atoms with Crippen molar-refractivity contribution in [3.8, 4) is 0 Å². The van der Waals surface area contributed by atoms with Gasteiger partial charge in [-0.1, -0.05) is 43.2 Å². The van der Waals surface area contributed by atoms with E-state index in [1.54, 1.807) is 24.4 Å². The number of rotatable bonds is 5. The molecule has 1 saturated carbocycles. The zero-order valence-corrected chi connectivity index (χ0v) is 16.8. The molecule has 1 aromatic carbocycles. The fraction of sp³-hybridized carbons (Fsp3) is 0.500. The quantitative estimate of drug-likeness (QED) is 0.662. The molecule has 1 saturated heterocycles. The van der Waals surface area contributed by atoms with Crippen LogP contribution in [0.3, 0.4) is 0 Å². The fourth-order valence-corrected chi connectivity index (χ4v) is 5.15. The number of nitrogens with zero attached hydrogens (tertiary/aromatic N) is 4. The van der Waals surface area contributed by atoms with E-state index in [1.165, 1.54) is 18.5 Å². The second-order valence-electron chi connectivity index (χ2n) is 8.58. The SMILES string of the molecule is FC(F)(CN1CC2C(Nc3ncnc4[nH]ncc34)CCCC[C@H]2C1)c1ccccc1. The molecule has 158 valence electrons. The first kappa shape index (κ1) is 19.4. The number of nitrogens with one attached hydrogen (secondary N) is 2. The second kappa shape index (κ2) is 7.91. The summed E-state index contributed by atoms with van der Waals surface area (Å²) in [6, 6.07) is 8.37. The number of alkyl halides is 2. The van der Waals surface area contributed by atoms with E-state index >= 15 is 0 Å². The van der Waals surface area contributed by atoms with Gasteiger partial charge >= 0.3 is 0 Å². The van der Waals surface area contributed by atoms with Gasteiger partial charge < -0.3 is 5.32 Å². The van der Waals surface area contributed by atoms with Crippen molar-refractivity contribution < 1.29 is 8.78 Å². The maximum absolute atomic E-state index is 14.9. The summed E-state index contributed by atoms with van der Waals surface area (Å²) in [4.78, 5) is 10.6. The molecule has 2 aliphatic rings. The third-order valence-corrected chi connectivity index (χ3v) is 6.61. The molecule has 2 fully saturated rings. The van der Waals surface area contributed by atoms with Crippen LogP contribution in [0.2, 0.25) is 0 Å². The summed E-state index contributed by atoms with van der Waals surface area (Å²) in [5, 5.41) is 11.4. The molecule has 3 heterocycles. The van der Waals surface area contributed by atoms with E-state index < -0.39 is 5.92 Å². The molecular formula is C22H26F2N6. The Bertz CT molecular complexity index is 991. The molecular weight excluding hydrogens is 386 g/mol. The molecule has 0 amide bonds. The Morgan fingerprint density at radius 3 is 2.80 bits per heavy atom. The molecule has 8 heteroatoms. The molecule has 0 radical (unpaired) electrons. The van der Waals surface area contributed by atoms with Crippen molar-refractivity contribution in [3.63, 3.8) is 0 Å². The van der Waals surface area contributed by atoms with Gasteiger partial charge in [0.05, 0.1) is 18.1 Å². The number of anilines is 1. The Kier molecular flexibility index (Phi) is 5.10. The highest BCUT2D eigenvalue weighted by atomic mass is 19.3. The summed E-state index contributed by atoms with van der Waals surface area (Å²) in [5.74, 6) is -1.31. The van der Waals surface area contributed by atoms with Crippen molar-refractivity contribution >= 4 is 16.9 Å². The Morgan fingerprint density at radius 1 is 1.10 bits per heavy atom. The number of fused-ring (bicyclic) bond motifs is 2. The van der Waals surface area contributed by atoms with Crippen LogP contribution in [0, 0.1) is 11.8 Å². The van der Waals surface area contributed by atoms with Crippen LogP contribution < -0.4 is 5.32 Å². The lowest BCUT2D eigenvalue weighted by Gasteiger charge is -2.27. The van der Waals surface area contributed by atoms with E-state index in [0.717, 1.165) is 43.4 Å². The van der Waals surface area contributed by atoms with Gasteiger partial charge in [0.2, 0.25) is 0 Å². The lowest BCUT2D eigenvalue weighted by Crippen LogP contribution is -2.36. The lowest BCUT2D eigenvalue weighted by atomic mass is 9.88. The minimum absolute atomic E-state index is 0.0927. The Balaban J connectivity index is 1.33. The summed E-state index contributed by atoms with van der Waals surface area (Å²) in [7, 11) is 0. The molecule has 3 aromatic rings. The van der Waals surface area contributed by atoms with Gasteiger partial charge in [0.25, 0.3) is 5.92 Å². The zero-order valence-electron chi connectivity index (χ0n) is 16.8. The van der Waals surface area contributed by atoms with Crippen molar-refractivity contribution in [1.29, 1.82) is 0 Å². The number of H-pyrrole nitrogens is 1. The van der Waals surface area contributed by atoms with E-state index in [2.05, 4.69) is 25.5 Å². The minimum atomic E-state index is -2.84. The van der Waals surface area contributed by atoms with Crippen molar-refractivity contribution in [2.45, 2.75) is 37.6 Å². The van der Waals surface area contributed by atoms with Crippen LogP contribution in [-0.4, -0.2) is 50.7 Å². The van der Waals surface area contributed by atoms with E-state index in [-0.39, 0.29) is 18.2 Å². The molecule has 1 aliphatic heterocycles. The largest absolute Gasteiger partial charge is 0.366 e. The number of aromatic nitrogens is 4. The maximum Gasteiger partial charge on any atom is 0.285 e. The molecule has 2 unspecified atom stereocenters. The van der Waals surface area contributed by atoms with Crippen LogP contribution in [-0.2, 0) is 5.92 Å². The van der Waals surface area contributed by atoms with Gasteiger partial charge in [0.1, 0.15) is 12.1 Å². The van der Waals surface area contributed by atoms with Crippen LogP contribution in [0.1, 0.15) is 31.2 Å². The zero-order chi connectivity index (χ0) is 20.6. The highest BCUT2D eigenvalue weighted by molar-refractivity contribution is 5.85. The van der Waals surface area contributed by atoms with E-state index in [0.29, 0.717) is 24.0 Å². The summed E-state index contributed by atoms with van der Waals surface area (Å²) >= 11 is 0. The predicted octanol–water partition coefficient (Wildman–Crippen LogP) is 4.05. The van der Waals surface area contributed by atoms with Crippen molar-refractivity contribution in [1.82, 2.24) is 25.1 Å². The van der Waals surface area contributed by atoms with Crippen LogP contribution in [0.25, 0.3) is 11.0 Å². The summed E-state index contributed by atoms with van der Waals surface area (Å²) in [5.41, 5.74) is 0.795. The Labute approximate surface area is 174 Å². The molecule has 30 heavy (non-hydrogen) atoms. The van der Waals surface area contributed by atoms with Gasteiger partial charge in [-0.3, -0.25) is 10.00 Å². The second-order valence-corrected chi connectivity index (χ2v) is 8.58. The molecule has 6 nitrogen and oxygen atoms in total. The van der Waals surface area contributed by atoms with E-state index in [4.69, 9.17) is 0 Å². The molecule has 1 aliphatic carbocycles. The molecule has 3 atom stereocenters. The van der Waals surface area contributed by atoms with Gasteiger partial charge in [-0.25, -0.2) is 9.97 Å². The first-order valence-electron chi connectivity index (χ1n) is 10.7. The van der Waals surface area contributed by atoms with Gasteiger partial charge in [-0.15, -0.1) is 0 Å². The van der Waals surface area contributed by atoms with E-state index in [1.807, 2.05) is 4.90 Å². The monoisotopic (exact) mass is 412 g/mol. The van der Waals surface area contributed by atoms with Crippen LogP contribution in [0.5, 0.6) is 0 Å². The van der Waals surface area contributed by atoms with Crippen LogP contribution >= 0.6 is 0 Å². The first-order valence-corrected chi connectivity index (χ1v) is 10.7. The minimum Gasteiger partial charge on any atom is -0.366 e. The van der Waals surface area contributed by atoms with Crippen molar-refractivity contribution in [2.24, 2.45) is 11.8 Å². The van der Waals surface area contributed by atoms with Crippen molar-refractivity contribution in [2.75, 3.05) is 25.0 Å². The normalized spacial score (nSPS) is 25.2.